The first-order chi connectivity index (χ1) is 13.1. The standard InChI is InChI=1S/C20H23N5O2/c1-12-19-14(8-6-9-17(19)25(2)24-12)21-20(26)16-11-15(22-23-16)13-7-4-5-10-18(13)27-3/h4-5,7,10-11,14H,6,8-9H2,1-3H3,(H,21,26)(H,22,23). The third-order valence-corrected chi connectivity index (χ3v) is 5.16. The number of aromatic amines is 1. The molecule has 7 nitrogen and oxygen atoms in total. The van der Waals surface area contributed by atoms with Crippen molar-refractivity contribution in [2.45, 2.75) is 32.2 Å². The number of ether oxygens (including phenoxy) is 1. The van der Waals surface area contributed by atoms with Gasteiger partial charge in [0.05, 0.1) is 24.5 Å². The molecule has 1 aromatic carbocycles. The number of methoxy groups -OCH3 is 1. The molecule has 0 spiro atoms. The van der Waals surface area contributed by atoms with Crippen LogP contribution in [0, 0.1) is 6.92 Å². The lowest BCUT2D eigenvalue weighted by Gasteiger charge is -2.24. The zero-order valence-corrected chi connectivity index (χ0v) is 15.7. The van der Waals surface area contributed by atoms with Crippen LogP contribution >= 0.6 is 0 Å². The first-order valence-corrected chi connectivity index (χ1v) is 9.10. The van der Waals surface area contributed by atoms with Gasteiger partial charge in [0.2, 0.25) is 0 Å². The van der Waals surface area contributed by atoms with Crippen molar-refractivity contribution >= 4 is 5.91 Å². The number of carbonyl (C=O) groups excluding carboxylic acids is 1. The van der Waals surface area contributed by atoms with Crippen molar-refractivity contribution in [1.29, 1.82) is 0 Å². The number of aromatic nitrogens is 4. The van der Waals surface area contributed by atoms with E-state index in [9.17, 15) is 4.79 Å². The molecule has 0 fully saturated rings. The Labute approximate surface area is 157 Å². The van der Waals surface area contributed by atoms with Gasteiger partial charge < -0.3 is 10.1 Å². The first kappa shape index (κ1) is 17.3. The van der Waals surface area contributed by atoms with Gasteiger partial charge in [-0.15, -0.1) is 0 Å². The van der Waals surface area contributed by atoms with Crippen molar-refractivity contribution in [2.24, 2.45) is 7.05 Å². The minimum absolute atomic E-state index is 0.0204. The van der Waals surface area contributed by atoms with Crippen molar-refractivity contribution in [3.8, 4) is 17.0 Å². The molecule has 2 N–H and O–H groups in total. The van der Waals surface area contributed by atoms with E-state index in [1.807, 2.05) is 42.9 Å². The summed E-state index contributed by atoms with van der Waals surface area (Å²) < 4.78 is 7.31. The molecule has 140 valence electrons. The fourth-order valence-corrected chi connectivity index (χ4v) is 3.90. The second-order valence-electron chi connectivity index (χ2n) is 6.85. The average Bonchev–Trinajstić information content (AvgIpc) is 3.28. The van der Waals surface area contributed by atoms with Gasteiger partial charge in [0.25, 0.3) is 5.91 Å². The molecule has 7 heteroatoms. The SMILES string of the molecule is COc1ccccc1-c1cc(C(=O)NC2CCCc3c2c(C)nn3C)[nH]n1. The molecule has 0 saturated carbocycles. The van der Waals surface area contributed by atoms with Crippen LogP contribution in [0.25, 0.3) is 11.3 Å². The molecule has 3 aromatic rings. The molecule has 0 saturated heterocycles. The average molecular weight is 365 g/mol. The maximum atomic E-state index is 12.8. The number of rotatable bonds is 4. The monoisotopic (exact) mass is 365 g/mol. The second-order valence-corrected chi connectivity index (χ2v) is 6.85. The van der Waals surface area contributed by atoms with Crippen LogP contribution in [-0.2, 0) is 13.5 Å². The number of hydrogen-bond acceptors (Lipinski definition) is 4. The molecule has 1 aliphatic rings. The number of carbonyl (C=O) groups is 1. The van der Waals surface area contributed by atoms with Crippen molar-refractivity contribution in [1.82, 2.24) is 25.3 Å². The highest BCUT2D eigenvalue weighted by molar-refractivity contribution is 5.93. The molecule has 1 amide bonds. The van der Waals surface area contributed by atoms with Crippen LogP contribution in [0.4, 0.5) is 0 Å². The molecular formula is C20H23N5O2. The summed E-state index contributed by atoms with van der Waals surface area (Å²) >= 11 is 0. The van der Waals surface area contributed by atoms with Gasteiger partial charge in [-0.2, -0.15) is 10.2 Å². The van der Waals surface area contributed by atoms with Crippen LogP contribution in [0.15, 0.2) is 30.3 Å². The Kier molecular flexibility index (Phi) is 4.43. The Morgan fingerprint density at radius 2 is 2.19 bits per heavy atom. The quantitative estimate of drug-likeness (QED) is 0.744. The van der Waals surface area contributed by atoms with Crippen LogP contribution in [-0.4, -0.2) is 33.0 Å². The van der Waals surface area contributed by atoms with Crippen LogP contribution in [0.2, 0.25) is 0 Å². The third kappa shape index (κ3) is 3.09. The van der Waals surface area contributed by atoms with Gasteiger partial charge in [-0.25, -0.2) is 0 Å². The Morgan fingerprint density at radius 1 is 1.37 bits per heavy atom. The molecule has 27 heavy (non-hydrogen) atoms. The fourth-order valence-electron chi connectivity index (χ4n) is 3.90. The predicted octanol–water partition coefficient (Wildman–Crippen LogP) is 2.93. The Balaban J connectivity index is 1.57. The lowest BCUT2D eigenvalue weighted by atomic mass is 9.91. The van der Waals surface area contributed by atoms with Crippen molar-refractivity contribution in [2.75, 3.05) is 7.11 Å². The Morgan fingerprint density at radius 3 is 3.00 bits per heavy atom. The highest BCUT2D eigenvalue weighted by Gasteiger charge is 2.28. The number of nitrogens with one attached hydrogen (secondary N) is 2. The number of aryl methyl sites for hydroxylation is 2. The molecule has 4 rings (SSSR count). The van der Waals surface area contributed by atoms with Gasteiger partial charge in [0, 0.05) is 23.9 Å². The van der Waals surface area contributed by atoms with E-state index in [2.05, 4.69) is 20.6 Å². The Hall–Kier alpha value is -3.09. The van der Waals surface area contributed by atoms with Crippen molar-refractivity contribution in [3.05, 3.63) is 53.0 Å². The van der Waals surface area contributed by atoms with Gasteiger partial charge in [-0.05, 0) is 44.4 Å². The normalized spacial score (nSPS) is 16.0. The summed E-state index contributed by atoms with van der Waals surface area (Å²) in [6.07, 6.45) is 2.95. The molecular weight excluding hydrogens is 342 g/mol. The van der Waals surface area contributed by atoms with Gasteiger partial charge in [0.15, 0.2) is 0 Å². The summed E-state index contributed by atoms with van der Waals surface area (Å²) in [5, 5.41) is 14.8. The highest BCUT2D eigenvalue weighted by atomic mass is 16.5. The van der Waals surface area contributed by atoms with E-state index in [-0.39, 0.29) is 11.9 Å². The summed E-state index contributed by atoms with van der Waals surface area (Å²) in [6.45, 7) is 2.00. The van der Waals surface area contributed by atoms with E-state index < -0.39 is 0 Å². The maximum Gasteiger partial charge on any atom is 0.269 e. The molecule has 1 aliphatic carbocycles. The summed E-state index contributed by atoms with van der Waals surface area (Å²) in [7, 11) is 3.58. The molecule has 0 aliphatic heterocycles. The van der Waals surface area contributed by atoms with Crippen LogP contribution < -0.4 is 10.1 Å². The number of nitrogens with zero attached hydrogens (tertiary/aromatic N) is 3. The van der Waals surface area contributed by atoms with E-state index in [1.165, 1.54) is 5.69 Å². The zero-order valence-electron chi connectivity index (χ0n) is 15.7. The van der Waals surface area contributed by atoms with E-state index in [0.29, 0.717) is 11.4 Å². The molecule has 0 bridgehead atoms. The third-order valence-electron chi connectivity index (χ3n) is 5.16. The number of para-hydroxylation sites is 1. The summed E-state index contributed by atoms with van der Waals surface area (Å²) in [6, 6.07) is 9.35. The topological polar surface area (TPSA) is 84.8 Å². The number of amides is 1. The smallest absolute Gasteiger partial charge is 0.269 e. The fraction of sp³-hybridized carbons (Fsp3) is 0.350. The van der Waals surface area contributed by atoms with Crippen LogP contribution in [0.1, 0.15) is 46.3 Å². The maximum absolute atomic E-state index is 12.8. The number of H-pyrrole nitrogens is 1. The molecule has 0 radical (unpaired) electrons. The predicted molar refractivity (Wildman–Crippen MR) is 102 cm³/mol. The largest absolute Gasteiger partial charge is 0.496 e. The van der Waals surface area contributed by atoms with E-state index in [1.54, 1.807) is 13.2 Å². The van der Waals surface area contributed by atoms with E-state index >= 15 is 0 Å². The second kappa shape index (κ2) is 6.90. The minimum Gasteiger partial charge on any atom is -0.496 e. The zero-order chi connectivity index (χ0) is 19.0. The number of hydrogen-bond donors (Lipinski definition) is 2. The van der Waals surface area contributed by atoms with Crippen molar-refractivity contribution in [3.63, 3.8) is 0 Å². The van der Waals surface area contributed by atoms with Gasteiger partial charge in [0.1, 0.15) is 11.4 Å². The van der Waals surface area contributed by atoms with Crippen LogP contribution in [0.3, 0.4) is 0 Å². The Bertz CT molecular complexity index is 988. The summed E-state index contributed by atoms with van der Waals surface area (Å²) in [5.74, 6) is 0.559. The highest BCUT2D eigenvalue weighted by Crippen LogP contribution is 2.32. The lowest BCUT2D eigenvalue weighted by Crippen LogP contribution is -2.31. The molecule has 2 aromatic heterocycles. The summed E-state index contributed by atoms with van der Waals surface area (Å²) in [4.78, 5) is 12.8. The van der Waals surface area contributed by atoms with E-state index in [4.69, 9.17) is 4.74 Å². The molecule has 2 heterocycles. The van der Waals surface area contributed by atoms with E-state index in [0.717, 1.165) is 41.8 Å². The minimum atomic E-state index is -0.162. The van der Waals surface area contributed by atoms with Crippen molar-refractivity contribution < 1.29 is 9.53 Å². The van der Waals surface area contributed by atoms with Gasteiger partial charge in [-0.1, -0.05) is 12.1 Å². The number of fused-ring (bicyclic) bond motifs is 1. The first-order valence-electron chi connectivity index (χ1n) is 9.10. The molecule has 1 atom stereocenters. The summed E-state index contributed by atoms with van der Waals surface area (Å²) in [5.41, 5.74) is 5.31. The van der Waals surface area contributed by atoms with Crippen LogP contribution in [0.5, 0.6) is 5.75 Å². The lowest BCUT2D eigenvalue weighted by molar-refractivity contribution is 0.0927. The van der Waals surface area contributed by atoms with Gasteiger partial charge >= 0.3 is 0 Å². The van der Waals surface area contributed by atoms with Gasteiger partial charge in [-0.3, -0.25) is 14.6 Å². The number of benzene rings is 1. The molecule has 1 unspecified atom stereocenters.